The highest BCUT2D eigenvalue weighted by Gasteiger charge is 2.30. The summed E-state index contributed by atoms with van der Waals surface area (Å²) < 4.78 is 25.7. The highest BCUT2D eigenvalue weighted by molar-refractivity contribution is 5.98. The van der Waals surface area contributed by atoms with E-state index < -0.39 is 35.4 Å². The smallest absolute Gasteiger partial charge is 0.408 e. The lowest BCUT2D eigenvalue weighted by Gasteiger charge is -2.21. The van der Waals surface area contributed by atoms with E-state index in [0.29, 0.717) is 5.56 Å². The fourth-order valence-corrected chi connectivity index (χ4v) is 5.01. The summed E-state index contributed by atoms with van der Waals surface area (Å²) in [7, 11) is 0. The lowest BCUT2D eigenvalue weighted by Crippen LogP contribution is -2.37. The molecular formula is C34H31FN2O5. The average Bonchev–Trinajstić information content (AvgIpc) is 3.28. The van der Waals surface area contributed by atoms with E-state index in [1.54, 1.807) is 51.1 Å². The molecule has 2 N–H and O–H groups in total. The number of carbonyl (C=O) groups is 3. The number of rotatable bonds is 7. The van der Waals surface area contributed by atoms with Crippen LogP contribution < -0.4 is 10.6 Å². The number of halogens is 1. The lowest BCUT2D eigenvalue weighted by molar-refractivity contribution is -0.118. The second-order valence-electron chi connectivity index (χ2n) is 11.0. The van der Waals surface area contributed by atoms with Crippen molar-refractivity contribution >= 4 is 23.7 Å². The van der Waals surface area contributed by atoms with Crippen molar-refractivity contribution in [2.24, 2.45) is 0 Å². The summed E-state index contributed by atoms with van der Waals surface area (Å²) >= 11 is 0. The third kappa shape index (κ3) is 6.33. The maximum atomic E-state index is 14.8. The first kappa shape index (κ1) is 28.5. The van der Waals surface area contributed by atoms with Crippen molar-refractivity contribution in [2.45, 2.75) is 38.3 Å². The third-order valence-electron chi connectivity index (χ3n) is 6.86. The van der Waals surface area contributed by atoms with Gasteiger partial charge in [-0.15, -0.1) is 0 Å². The van der Waals surface area contributed by atoms with Crippen LogP contribution in [0.25, 0.3) is 11.1 Å². The summed E-state index contributed by atoms with van der Waals surface area (Å²) in [5.41, 5.74) is 3.93. The molecule has 0 heterocycles. The zero-order valence-corrected chi connectivity index (χ0v) is 23.5. The summed E-state index contributed by atoms with van der Waals surface area (Å²) in [6, 6.07) is 27.2. The molecule has 0 bridgehead atoms. The van der Waals surface area contributed by atoms with Gasteiger partial charge in [-0.05, 0) is 66.8 Å². The molecule has 0 aromatic heterocycles. The number of carbonyl (C=O) groups excluding carboxylic acids is 3. The second-order valence-corrected chi connectivity index (χ2v) is 11.0. The zero-order chi connectivity index (χ0) is 29.9. The molecule has 5 rings (SSSR count). The Hall–Kier alpha value is -4.98. The first-order valence-corrected chi connectivity index (χ1v) is 13.6. The van der Waals surface area contributed by atoms with Gasteiger partial charge < -0.3 is 20.1 Å². The van der Waals surface area contributed by atoms with E-state index in [9.17, 15) is 18.8 Å². The van der Waals surface area contributed by atoms with E-state index in [-0.39, 0.29) is 23.8 Å². The largest absolute Gasteiger partial charge is 0.456 e. The number of ether oxygens (including phenoxy) is 2. The Labute approximate surface area is 243 Å². The van der Waals surface area contributed by atoms with Crippen molar-refractivity contribution < 1.29 is 28.2 Å². The molecule has 7 nitrogen and oxygen atoms in total. The van der Waals surface area contributed by atoms with E-state index in [1.165, 1.54) is 12.1 Å². The van der Waals surface area contributed by atoms with E-state index >= 15 is 0 Å². The summed E-state index contributed by atoms with van der Waals surface area (Å²) in [6.07, 6.45) is -0.771. The summed E-state index contributed by atoms with van der Waals surface area (Å²) in [5.74, 6) is -2.41. The number of hydrogen-bond acceptors (Lipinski definition) is 5. The van der Waals surface area contributed by atoms with Gasteiger partial charge in [-0.25, -0.2) is 14.0 Å². The SMILES string of the molecule is CC(C)(C)OC(=O)c1ccc(NC(=O)[C@@H](NC(=O)OCC2c3ccccc3-c3ccccc32)c2ccccc2)cc1F. The Morgan fingerprint density at radius 1 is 0.833 bits per heavy atom. The molecule has 4 aromatic rings. The van der Waals surface area contributed by atoms with Gasteiger partial charge in [0.2, 0.25) is 0 Å². The number of anilines is 1. The summed E-state index contributed by atoms with van der Waals surface area (Å²) in [5, 5.41) is 5.28. The number of esters is 1. The highest BCUT2D eigenvalue weighted by Crippen LogP contribution is 2.44. The molecule has 4 aromatic carbocycles. The molecule has 1 atom stereocenters. The van der Waals surface area contributed by atoms with Gasteiger partial charge in [-0.3, -0.25) is 4.79 Å². The Morgan fingerprint density at radius 3 is 2.02 bits per heavy atom. The van der Waals surface area contributed by atoms with Crippen molar-refractivity contribution in [3.8, 4) is 11.1 Å². The van der Waals surface area contributed by atoms with Crippen molar-refractivity contribution in [2.75, 3.05) is 11.9 Å². The number of benzene rings is 4. The van der Waals surface area contributed by atoms with Crippen LogP contribution in [0, 0.1) is 5.82 Å². The topological polar surface area (TPSA) is 93.7 Å². The van der Waals surface area contributed by atoms with Crippen LogP contribution in [0.4, 0.5) is 14.9 Å². The molecule has 0 spiro atoms. The fourth-order valence-electron chi connectivity index (χ4n) is 5.01. The fraction of sp³-hybridized carbons (Fsp3) is 0.206. The normalized spacial score (nSPS) is 13.0. The van der Waals surface area contributed by atoms with Gasteiger partial charge in [0.15, 0.2) is 0 Å². The molecule has 8 heteroatoms. The quantitative estimate of drug-likeness (QED) is 0.235. The minimum atomic E-state index is -1.13. The minimum Gasteiger partial charge on any atom is -0.456 e. The summed E-state index contributed by atoms with van der Waals surface area (Å²) in [4.78, 5) is 38.7. The maximum Gasteiger partial charge on any atom is 0.408 e. The van der Waals surface area contributed by atoms with E-state index in [4.69, 9.17) is 9.47 Å². The first-order chi connectivity index (χ1) is 20.1. The second kappa shape index (κ2) is 11.9. The molecule has 42 heavy (non-hydrogen) atoms. The molecule has 1 aliphatic rings. The van der Waals surface area contributed by atoms with Crippen LogP contribution in [0.3, 0.4) is 0 Å². The van der Waals surface area contributed by atoms with Crippen molar-refractivity contribution in [3.05, 3.63) is 125 Å². The van der Waals surface area contributed by atoms with E-state index in [1.807, 2.05) is 48.5 Å². The van der Waals surface area contributed by atoms with Gasteiger partial charge in [0.25, 0.3) is 5.91 Å². The molecular weight excluding hydrogens is 535 g/mol. The van der Waals surface area contributed by atoms with Gasteiger partial charge in [0.05, 0.1) is 5.56 Å². The van der Waals surface area contributed by atoms with Crippen molar-refractivity contribution in [1.29, 1.82) is 0 Å². The lowest BCUT2D eigenvalue weighted by atomic mass is 9.98. The standard InChI is InChI=1S/C34H31FN2O5/c1-34(2,3)42-32(39)27-18-17-22(19-29(27)35)36-31(38)30(21-11-5-4-6-12-21)37-33(40)41-20-28-25-15-9-7-13-23(25)24-14-8-10-16-26(24)28/h4-19,28,30H,20H2,1-3H3,(H,36,38)(H,37,40)/t30-/m0/s1. The Morgan fingerprint density at radius 2 is 1.43 bits per heavy atom. The van der Waals surface area contributed by atoms with E-state index in [2.05, 4.69) is 10.6 Å². The van der Waals surface area contributed by atoms with Crippen LogP contribution in [0.5, 0.6) is 0 Å². The molecule has 214 valence electrons. The number of hydrogen-bond donors (Lipinski definition) is 2. The molecule has 1 aliphatic carbocycles. The molecule has 0 aliphatic heterocycles. The predicted octanol–water partition coefficient (Wildman–Crippen LogP) is 7.00. The molecule has 0 radical (unpaired) electrons. The average molecular weight is 567 g/mol. The zero-order valence-electron chi connectivity index (χ0n) is 23.5. The Balaban J connectivity index is 1.29. The highest BCUT2D eigenvalue weighted by atomic mass is 19.1. The third-order valence-corrected chi connectivity index (χ3v) is 6.86. The van der Waals surface area contributed by atoms with Crippen LogP contribution in [0.15, 0.2) is 97.1 Å². The first-order valence-electron chi connectivity index (χ1n) is 13.6. The minimum absolute atomic E-state index is 0.0837. The van der Waals surface area contributed by atoms with Gasteiger partial charge in [-0.2, -0.15) is 0 Å². The van der Waals surface area contributed by atoms with Crippen LogP contribution in [0.2, 0.25) is 0 Å². The summed E-state index contributed by atoms with van der Waals surface area (Å²) in [6.45, 7) is 5.14. The van der Waals surface area contributed by atoms with Gasteiger partial charge in [-0.1, -0.05) is 78.9 Å². The Bertz CT molecular complexity index is 1590. The monoisotopic (exact) mass is 566 g/mol. The van der Waals surface area contributed by atoms with Gasteiger partial charge >= 0.3 is 12.1 Å². The van der Waals surface area contributed by atoms with Crippen molar-refractivity contribution in [3.63, 3.8) is 0 Å². The van der Waals surface area contributed by atoms with Gasteiger partial charge in [0.1, 0.15) is 24.1 Å². The van der Waals surface area contributed by atoms with E-state index in [0.717, 1.165) is 28.3 Å². The predicted molar refractivity (Wildman–Crippen MR) is 158 cm³/mol. The molecule has 0 fully saturated rings. The number of amides is 2. The number of alkyl carbamates (subject to hydrolysis) is 1. The number of fused-ring (bicyclic) bond motifs is 3. The van der Waals surface area contributed by atoms with Crippen LogP contribution >= 0.6 is 0 Å². The molecule has 0 saturated carbocycles. The molecule has 2 amide bonds. The van der Waals surface area contributed by atoms with Crippen LogP contribution in [0.1, 0.15) is 59.8 Å². The van der Waals surface area contributed by atoms with Crippen LogP contribution in [-0.2, 0) is 14.3 Å². The van der Waals surface area contributed by atoms with Crippen LogP contribution in [-0.4, -0.2) is 30.2 Å². The molecule has 0 unspecified atom stereocenters. The maximum absolute atomic E-state index is 14.8. The Kier molecular flexibility index (Phi) is 8.06. The molecule has 0 saturated heterocycles. The van der Waals surface area contributed by atoms with Gasteiger partial charge in [0, 0.05) is 11.6 Å². The number of nitrogens with one attached hydrogen (secondary N) is 2. The van der Waals surface area contributed by atoms with Crippen molar-refractivity contribution in [1.82, 2.24) is 5.32 Å².